The van der Waals surface area contributed by atoms with Crippen LogP contribution in [0, 0.1) is 0 Å². The fourth-order valence-corrected chi connectivity index (χ4v) is 2.30. The number of carbonyl (C=O) groups excluding carboxylic acids is 2. The van der Waals surface area contributed by atoms with E-state index in [-0.39, 0.29) is 16.5 Å². The summed E-state index contributed by atoms with van der Waals surface area (Å²) in [6.45, 7) is 1.37. The van der Waals surface area contributed by atoms with E-state index in [9.17, 15) is 9.59 Å². The van der Waals surface area contributed by atoms with Crippen LogP contribution in [-0.4, -0.2) is 26.0 Å². The number of hydrogen-bond acceptors (Lipinski definition) is 4. The molecule has 0 saturated heterocycles. The predicted octanol–water partition coefficient (Wildman–Crippen LogP) is 3.57. The number of amides is 2. The first kappa shape index (κ1) is 17.6. The van der Waals surface area contributed by atoms with Crippen LogP contribution in [0.3, 0.4) is 0 Å². The van der Waals surface area contributed by atoms with E-state index in [1.54, 1.807) is 31.4 Å². The molecule has 6 nitrogen and oxygen atoms in total. The van der Waals surface area contributed by atoms with Crippen LogP contribution in [0.15, 0.2) is 36.4 Å². The predicted molar refractivity (Wildman–Crippen MR) is 93.3 cm³/mol. The summed E-state index contributed by atoms with van der Waals surface area (Å²) in [4.78, 5) is 23.7. The molecule has 2 aromatic rings. The third-order valence-corrected chi connectivity index (χ3v) is 3.48. The van der Waals surface area contributed by atoms with Crippen LogP contribution in [0.2, 0.25) is 5.02 Å². The number of hydrogen-bond donors (Lipinski definition) is 2. The number of halogens is 1. The Hall–Kier alpha value is -2.73. The molecule has 24 heavy (non-hydrogen) atoms. The van der Waals surface area contributed by atoms with Crippen LogP contribution in [0.4, 0.5) is 11.4 Å². The van der Waals surface area contributed by atoms with Crippen molar-refractivity contribution in [1.29, 1.82) is 0 Å². The molecule has 0 aliphatic heterocycles. The van der Waals surface area contributed by atoms with Crippen molar-refractivity contribution in [2.45, 2.75) is 6.92 Å². The Labute approximate surface area is 144 Å². The van der Waals surface area contributed by atoms with Crippen molar-refractivity contribution in [3.05, 3.63) is 47.0 Å². The molecule has 2 rings (SSSR count). The molecular weight excluding hydrogens is 332 g/mol. The van der Waals surface area contributed by atoms with Gasteiger partial charge in [0.25, 0.3) is 5.91 Å². The molecule has 0 fully saturated rings. The van der Waals surface area contributed by atoms with E-state index in [2.05, 4.69) is 10.6 Å². The van der Waals surface area contributed by atoms with Crippen LogP contribution < -0.4 is 20.1 Å². The number of nitrogens with one attached hydrogen (secondary N) is 2. The van der Waals surface area contributed by atoms with Gasteiger partial charge in [0, 0.05) is 24.7 Å². The molecule has 126 valence electrons. The van der Waals surface area contributed by atoms with E-state index >= 15 is 0 Å². The van der Waals surface area contributed by atoms with Gasteiger partial charge in [-0.05, 0) is 18.2 Å². The van der Waals surface area contributed by atoms with Crippen molar-refractivity contribution >= 4 is 34.8 Å². The summed E-state index contributed by atoms with van der Waals surface area (Å²) < 4.78 is 10.4. The summed E-state index contributed by atoms with van der Waals surface area (Å²) in [5.74, 6) is 0.256. The summed E-state index contributed by atoms with van der Waals surface area (Å²) in [7, 11) is 2.98. The first-order valence-electron chi connectivity index (χ1n) is 7.05. The van der Waals surface area contributed by atoms with Crippen molar-refractivity contribution in [3.63, 3.8) is 0 Å². The van der Waals surface area contributed by atoms with Gasteiger partial charge in [0.2, 0.25) is 5.91 Å². The highest BCUT2D eigenvalue weighted by Gasteiger charge is 2.17. The summed E-state index contributed by atoms with van der Waals surface area (Å²) >= 11 is 6.13. The number of carbonyl (C=O) groups is 2. The average Bonchev–Trinajstić information content (AvgIpc) is 2.56. The maximum Gasteiger partial charge on any atom is 0.259 e. The lowest BCUT2D eigenvalue weighted by Gasteiger charge is -2.13. The third kappa shape index (κ3) is 4.17. The van der Waals surface area contributed by atoms with Gasteiger partial charge < -0.3 is 20.1 Å². The normalized spacial score (nSPS) is 10.0. The molecule has 0 aromatic heterocycles. The molecule has 0 atom stereocenters. The lowest BCUT2D eigenvalue weighted by Crippen LogP contribution is -2.14. The average molecular weight is 349 g/mol. The standard InChI is InChI=1S/C17H17ClN2O4/c1-10(21)19-15-9-16(24-3)13(8-14(15)18)17(22)20-11-5-4-6-12(7-11)23-2/h4-9H,1-3H3,(H,19,21)(H,20,22). The first-order chi connectivity index (χ1) is 11.4. The van der Waals surface area contributed by atoms with E-state index in [1.807, 2.05) is 0 Å². The largest absolute Gasteiger partial charge is 0.497 e. The molecule has 0 spiro atoms. The second kappa shape index (κ2) is 7.70. The van der Waals surface area contributed by atoms with Crippen LogP contribution in [-0.2, 0) is 4.79 Å². The molecule has 2 amide bonds. The minimum atomic E-state index is -0.392. The topological polar surface area (TPSA) is 76.7 Å². The highest BCUT2D eigenvalue weighted by Crippen LogP contribution is 2.31. The number of anilines is 2. The van der Waals surface area contributed by atoms with Gasteiger partial charge in [-0.15, -0.1) is 0 Å². The Balaban J connectivity index is 2.31. The number of benzene rings is 2. The minimum Gasteiger partial charge on any atom is -0.497 e. The summed E-state index contributed by atoms with van der Waals surface area (Å²) in [6, 6.07) is 9.91. The zero-order chi connectivity index (χ0) is 17.7. The Bertz CT molecular complexity index is 777. The lowest BCUT2D eigenvalue weighted by molar-refractivity contribution is -0.114. The van der Waals surface area contributed by atoms with Gasteiger partial charge in [-0.2, -0.15) is 0 Å². The third-order valence-electron chi connectivity index (χ3n) is 3.17. The zero-order valence-electron chi connectivity index (χ0n) is 13.5. The SMILES string of the molecule is COc1cccc(NC(=O)c2cc(Cl)c(NC(C)=O)cc2OC)c1. The van der Waals surface area contributed by atoms with Gasteiger partial charge in [-0.1, -0.05) is 17.7 Å². The van der Waals surface area contributed by atoms with Crippen molar-refractivity contribution < 1.29 is 19.1 Å². The van der Waals surface area contributed by atoms with Gasteiger partial charge in [-0.3, -0.25) is 9.59 Å². The van der Waals surface area contributed by atoms with Crippen LogP contribution >= 0.6 is 11.6 Å². The molecule has 0 heterocycles. The Morgan fingerprint density at radius 3 is 2.42 bits per heavy atom. The van der Waals surface area contributed by atoms with Crippen LogP contribution in [0.1, 0.15) is 17.3 Å². The van der Waals surface area contributed by atoms with Gasteiger partial charge in [-0.25, -0.2) is 0 Å². The molecule has 7 heteroatoms. The molecule has 2 aromatic carbocycles. The van der Waals surface area contributed by atoms with Gasteiger partial charge in [0.05, 0.1) is 30.5 Å². The van der Waals surface area contributed by atoms with Crippen LogP contribution in [0.25, 0.3) is 0 Å². The molecule has 0 unspecified atom stereocenters. The lowest BCUT2D eigenvalue weighted by atomic mass is 10.1. The molecule has 0 aliphatic rings. The van der Waals surface area contributed by atoms with E-state index in [4.69, 9.17) is 21.1 Å². The number of methoxy groups -OCH3 is 2. The first-order valence-corrected chi connectivity index (χ1v) is 7.43. The van der Waals surface area contributed by atoms with Crippen molar-refractivity contribution in [2.24, 2.45) is 0 Å². The van der Waals surface area contributed by atoms with Gasteiger partial charge >= 0.3 is 0 Å². The fraction of sp³-hybridized carbons (Fsp3) is 0.176. The quantitative estimate of drug-likeness (QED) is 0.866. The van der Waals surface area contributed by atoms with E-state index in [0.717, 1.165) is 0 Å². The molecule has 2 N–H and O–H groups in total. The summed E-state index contributed by atoms with van der Waals surface area (Å²) in [6.07, 6.45) is 0. The number of ether oxygens (including phenoxy) is 2. The maximum absolute atomic E-state index is 12.5. The van der Waals surface area contributed by atoms with Crippen molar-refractivity contribution in [1.82, 2.24) is 0 Å². The fourth-order valence-electron chi connectivity index (χ4n) is 2.08. The van der Waals surface area contributed by atoms with E-state index in [0.29, 0.717) is 22.9 Å². The second-order valence-electron chi connectivity index (χ2n) is 4.90. The Morgan fingerprint density at radius 1 is 1.04 bits per heavy atom. The maximum atomic E-state index is 12.5. The highest BCUT2D eigenvalue weighted by molar-refractivity contribution is 6.34. The summed E-state index contributed by atoms with van der Waals surface area (Å²) in [5.41, 5.74) is 1.20. The molecule has 0 radical (unpaired) electrons. The minimum absolute atomic E-state index is 0.238. The van der Waals surface area contributed by atoms with Crippen LogP contribution in [0.5, 0.6) is 11.5 Å². The molecular formula is C17H17ClN2O4. The highest BCUT2D eigenvalue weighted by atomic mass is 35.5. The van der Waals surface area contributed by atoms with E-state index in [1.165, 1.54) is 26.2 Å². The van der Waals surface area contributed by atoms with Crippen molar-refractivity contribution in [3.8, 4) is 11.5 Å². The van der Waals surface area contributed by atoms with Gasteiger partial charge in [0.15, 0.2) is 0 Å². The summed E-state index contributed by atoms with van der Waals surface area (Å²) in [5, 5.41) is 5.57. The molecule has 0 aliphatic carbocycles. The monoisotopic (exact) mass is 348 g/mol. The van der Waals surface area contributed by atoms with Gasteiger partial charge in [0.1, 0.15) is 11.5 Å². The number of rotatable bonds is 5. The Kier molecular flexibility index (Phi) is 5.65. The zero-order valence-corrected chi connectivity index (χ0v) is 14.2. The smallest absolute Gasteiger partial charge is 0.259 e. The molecule has 0 saturated carbocycles. The van der Waals surface area contributed by atoms with Crippen molar-refractivity contribution in [2.75, 3.05) is 24.9 Å². The Morgan fingerprint density at radius 2 is 1.79 bits per heavy atom. The van der Waals surface area contributed by atoms with E-state index < -0.39 is 5.91 Å². The molecule has 0 bridgehead atoms. The second-order valence-corrected chi connectivity index (χ2v) is 5.31.